The van der Waals surface area contributed by atoms with Crippen LogP contribution in [0.4, 0.5) is 0 Å². The summed E-state index contributed by atoms with van der Waals surface area (Å²) in [5.41, 5.74) is 0.891. The Labute approximate surface area is 199 Å². The number of methoxy groups -OCH3 is 1. The lowest BCUT2D eigenvalue weighted by atomic mass is 9.32. The molecule has 2 aromatic carbocycles. The highest BCUT2D eigenvalue weighted by molar-refractivity contribution is 6.06. The van der Waals surface area contributed by atoms with Crippen molar-refractivity contribution in [3.63, 3.8) is 0 Å². The van der Waals surface area contributed by atoms with Gasteiger partial charge in [0.15, 0.2) is 0 Å². The normalized spacial score (nSPS) is 27.3. The van der Waals surface area contributed by atoms with Crippen molar-refractivity contribution < 1.29 is 21.5 Å². The molecule has 4 saturated carbocycles. The Morgan fingerprint density at radius 1 is 1.09 bits per heavy atom. The van der Waals surface area contributed by atoms with Crippen LogP contribution in [0, 0.1) is 10.8 Å². The second-order valence-corrected chi connectivity index (χ2v) is 10.3. The summed E-state index contributed by atoms with van der Waals surface area (Å²) in [6.07, 6.45) is 5.76. The molecule has 2 aromatic heterocycles. The fourth-order valence-electron chi connectivity index (χ4n) is 6.55. The number of hydrogen-bond donors (Lipinski definition) is 1. The number of furan rings is 1. The van der Waals surface area contributed by atoms with E-state index in [4.69, 9.17) is 11.9 Å². The zero-order valence-corrected chi connectivity index (χ0v) is 18.9. The Balaban J connectivity index is 1.22. The number of ether oxygens (including phenoxy) is 1. The second-order valence-electron chi connectivity index (χ2n) is 10.3. The van der Waals surface area contributed by atoms with Crippen molar-refractivity contribution in [2.45, 2.75) is 44.1 Å². The van der Waals surface area contributed by atoms with Gasteiger partial charge in [0.05, 0.1) is 32.8 Å². The van der Waals surface area contributed by atoms with Crippen LogP contribution in [0.15, 0.2) is 65.2 Å². The van der Waals surface area contributed by atoms with E-state index in [1.54, 1.807) is 18.3 Å². The standard InChI is InChI=1S/C28H26N2O4/c1-33-25(32)26-15-27(16-26,17-26)28(10-11-28)29-24(31)21-7-4-6-18-9-12-30(23(18)21)14-20-13-19-5-2-3-8-22(19)34-20/h2-9,12-13H,10-11,14-17H2,1H3,(H,29,31)/i14D2. The van der Waals surface area contributed by atoms with Crippen LogP contribution in [0.25, 0.3) is 21.9 Å². The Kier molecular flexibility index (Phi) is 3.43. The summed E-state index contributed by atoms with van der Waals surface area (Å²) in [5, 5.41) is 4.91. The molecule has 4 aliphatic rings. The number of benzene rings is 2. The minimum Gasteiger partial charge on any atom is -0.469 e. The van der Waals surface area contributed by atoms with E-state index in [1.165, 1.54) is 11.7 Å². The van der Waals surface area contributed by atoms with E-state index in [-0.39, 0.29) is 34.0 Å². The largest absolute Gasteiger partial charge is 0.469 e. The van der Waals surface area contributed by atoms with Gasteiger partial charge in [-0.15, -0.1) is 0 Å². The van der Waals surface area contributed by atoms with Crippen molar-refractivity contribution in [3.8, 4) is 0 Å². The molecule has 34 heavy (non-hydrogen) atoms. The van der Waals surface area contributed by atoms with E-state index in [2.05, 4.69) is 5.32 Å². The average Bonchev–Trinajstić information content (AvgIpc) is 3.25. The molecule has 4 fully saturated rings. The third kappa shape index (κ3) is 2.57. The molecule has 6 heteroatoms. The van der Waals surface area contributed by atoms with Crippen LogP contribution in [0.5, 0.6) is 0 Å². The zero-order chi connectivity index (χ0) is 24.9. The molecule has 1 N–H and O–H groups in total. The number of rotatable bonds is 6. The molecule has 2 heterocycles. The summed E-state index contributed by atoms with van der Waals surface area (Å²) in [6, 6.07) is 16.4. The van der Waals surface area contributed by atoms with Crippen LogP contribution in [0.1, 0.15) is 51.0 Å². The lowest BCUT2D eigenvalue weighted by molar-refractivity contribution is -0.239. The van der Waals surface area contributed by atoms with Gasteiger partial charge in [-0.25, -0.2) is 0 Å². The van der Waals surface area contributed by atoms with Gasteiger partial charge in [-0.3, -0.25) is 9.59 Å². The third-order valence-electron chi connectivity index (χ3n) is 8.38. The van der Waals surface area contributed by atoms with Gasteiger partial charge >= 0.3 is 5.97 Å². The summed E-state index contributed by atoms with van der Waals surface area (Å²) >= 11 is 0. The van der Waals surface area contributed by atoms with Crippen LogP contribution in [-0.4, -0.2) is 29.1 Å². The Morgan fingerprint density at radius 3 is 2.59 bits per heavy atom. The maximum Gasteiger partial charge on any atom is 0.311 e. The molecule has 172 valence electrons. The van der Waals surface area contributed by atoms with Gasteiger partial charge in [0.1, 0.15) is 11.3 Å². The van der Waals surface area contributed by atoms with Gasteiger partial charge in [-0.05, 0) is 61.8 Å². The van der Waals surface area contributed by atoms with E-state index < -0.39 is 6.50 Å². The molecule has 8 rings (SSSR count). The first-order valence-electron chi connectivity index (χ1n) is 12.7. The lowest BCUT2D eigenvalue weighted by Crippen LogP contribution is -2.73. The average molecular weight is 457 g/mol. The van der Waals surface area contributed by atoms with Crippen molar-refractivity contribution in [3.05, 3.63) is 72.1 Å². The first kappa shape index (κ1) is 17.9. The first-order chi connectivity index (χ1) is 17.2. The number of esters is 1. The molecule has 6 nitrogen and oxygen atoms in total. The fraction of sp³-hybridized carbons (Fsp3) is 0.357. The Hall–Kier alpha value is -3.54. The van der Waals surface area contributed by atoms with E-state index in [0.29, 0.717) is 16.7 Å². The molecule has 0 spiro atoms. The third-order valence-corrected chi connectivity index (χ3v) is 8.38. The number of aromatic nitrogens is 1. The summed E-state index contributed by atoms with van der Waals surface area (Å²) in [7, 11) is 1.43. The van der Waals surface area contributed by atoms with Crippen LogP contribution >= 0.6 is 0 Å². The molecular formula is C28H26N2O4. The van der Waals surface area contributed by atoms with E-state index in [0.717, 1.165) is 42.9 Å². The smallest absolute Gasteiger partial charge is 0.311 e. The highest BCUT2D eigenvalue weighted by Crippen LogP contribution is 2.81. The van der Waals surface area contributed by atoms with Crippen molar-refractivity contribution in [1.29, 1.82) is 0 Å². The minimum atomic E-state index is -2.00. The minimum absolute atomic E-state index is 0.0321. The molecular weight excluding hydrogens is 428 g/mol. The summed E-state index contributed by atoms with van der Waals surface area (Å²) in [4.78, 5) is 25.8. The summed E-state index contributed by atoms with van der Waals surface area (Å²) in [6.45, 7) is -2.00. The molecule has 1 amide bonds. The number of amides is 1. The highest BCUT2D eigenvalue weighted by Gasteiger charge is 2.81. The van der Waals surface area contributed by atoms with Crippen LogP contribution in [-0.2, 0) is 16.0 Å². The molecule has 0 atom stereocenters. The van der Waals surface area contributed by atoms with Crippen molar-refractivity contribution in [1.82, 2.24) is 9.88 Å². The number of hydrogen-bond acceptors (Lipinski definition) is 4. The van der Waals surface area contributed by atoms with E-state index in [9.17, 15) is 9.59 Å². The molecule has 4 aromatic rings. The maximum absolute atomic E-state index is 13.7. The number of nitrogens with one attached hydrogen (secondary N) is 1. The van der Waals surface area contributed by atoms with Gasteiger partial charge in [0, 0.05) is 22.5 Å². The molecule has 0 radical (unpaired) electrons. The lowest BCUT2D eigenvalue weighted by Gasteiger charge is -2.71. The Morgan fingerprint density at radius 2 is 1.85 bits per heavy atom. The highest BCUT2D eigenvalue weighted by atomic mass is 16.5. The number of para-hydroxylation sites is 2. The van der Waals surface area contributed by atoms with Crippen molar-refractivity contribution >= 4 is 33.7 Å². The summed E-state index contributed by atoms with van der Waals surface area (Å²) < 4.78 is 30.3. The zero-order valence-electron chi connectivity index (χ0n) is 20.9. The molecule has 2 bridgehead atoms. The number of carbonyl (C=O) groups excluding carboxylic acids is 2. The van der Waals surface area contributed by atoms with E-state index >= 15 is 0 Å². The van der Waals surface area contributed by atoms with E-state index in [1.807, 2.05) is 42.5 Å². The molecule has 0 aliphatic heterocycles. The van der Waals surface area contributed by atoms with Gasteiger partial charge in [0.25, 0.3) is 5.91 Å². The predicted octanol–water partition coefficient (Wildman–Crippen LogP) is 5.04. The van der Waals surface area contributed by atoms with Gasteiger partial charge in [0.2, 0.25) is 0 Å². The van der Waals surface area contributed by atoms with Crippen LogP contribution in [0.3, 0.4) is 0 Å². The van der Waals surface area contributed by atoms with Gasteiger partial charge in [-0.2, -0.15) is 0 Å². The summed E-state index contributed by atoms with van der Waals surface area (Å²) in [5.74, 6) is -0.172. The van der Waals surface area contributed by atoms with Crippen LogP contribution < -0.4 is 5.32 Å². The van der Waals surface area contributed by atoms with Crippen LogP contribution in [0.2, 0.25) is 0 Å². The van der Waals surface area contributed by atoms with Gasteiger partial charge in [-0.1, -0.05) is 30.3 Å². The van der Waals surface area contributed by atoms with Crippen molar-refractivity contribution in [2.75, 3.05) is 7.11 Å². The molecule has 0 saturated heterocycles. The Bertz CT molecular complexity index is 1530. The predicted molar refractivity (Wildman–Crippen MR) is 127 cm³/mol. The fourth-order valence-corrected chi connectivity index (χ4v) is 6.55. The SMILES string of the molecule is [2H]C([2H])(c1cc2ccccc2o1)n1ccc2cccc(C(=O)NC3(C45CC(C(=O)OC)(C4)C5)CC3)c21. The number of nitrogens with zero attached hydrogens (tertiary/aromatic N) is 1. The molecule has 0 unspecified atom stereocenters. The number of fused-ring (bicyclic) bond motifs is 2. The van der Waals surface area contributed by atoms with Gasteiger partial charge < -0.3 is 19.0 Å². The monoisotopic (exact) mass is 456 g/mol. The topological polar surface area (TPSA) is 73.5 Å². The van der Waals surface area contributed by atoms with Crippen molar-refractivity contribution in [2.24, 2.45) is 10.8 Å². The maximum atomic E-state index is 13.7. The number of carbonyl (C=O) groups is 2. The second kappa shape index (κ2) is 6.53. The quantitative estimate of drug-likeness (QED) is 0.413. The molecule has 4 aliphatic carbocycles. The first-order valence-corrected chi connectivity index (χ1v) is 11.7.